The van der Waals surface area contributed by atoms with Crippen LogP contribution >= 0.6 is 0 Å². The molecule has 0 radical (unpaired) electrons. The van der Waals surface area contributed by atoms with Gasteiger partial charge in [-0.2, -0.15) is 0 Å². The van der Waals surface area contributed by atoms with Crippen LogP contribution < -0.4 is 0 Å². The van der Waals surface area contributed by atoms with Crippen molar-refractivity contribution in [1.82, 2.24) is 0 Å². The van der Waals surface area contributed by atoms with E-state index in [1.807, 2.05) is 26.8 Å². The molecule has 15 heavy (non-hydrogen) atoms. The summed E-state index contributed by atoms with van der Waals surface area (Å²) in [5.41, 5.74) is 1.15. The van der Waals surface area contributed by atoms with E-state index < -0.39 is 0 Å². The third-order valence-corrected chi connectivity index (χ3v) is 2.23. The van der Waals surface area contributed by atoms with Crippen molar-refractivity contribution in [2.75, 3.05) is 6.61 Å². The summed E-state index contributed by atoms with van der Waals surface area (Å²) >= 11 is 0. The van der Waals surface area contributed by atoms with Gasteiger partial charge in [0.15, 0.2) is 0 Å². The Morgan fingerprint density at radius 1 is 1.53 bits per heavy atom. The zero-order chi connectivity index (χ0) is 11.3. The van der Waals surface area contributed by atoms with Crippen LogP contribution in [0.3, 0.4) is 0 Å². The fourth-order valence-electron chi connectivity index (χ4n) is 1.64. The number of ether oxygens (including phenoxy) is 2. The van der Waals surface area contributed by atoms with E-state index in [2.05, 4.69) is 6.58 Å². The number of hydrogen-bond donors (Lipinski definition) is 0. The lowest BCUT2D eigenvalue weighted by Gasteiger charge is -2.22. The number of rotatable bonds is 4. The van der Waals surface area contributed by atoms with Gasteiger partial charge in [-0.25, -0.2) is 0 Å². The minimum atomic E-state index is 0.191. The van der Waals surface area contributed by atoms with Gasteiger partial charge >= 0.3 is 0 Å². The zero-order valence-electron chi connectivity index (χ0n) is 9.88. The number of hydrogen-bond acceptors (Lipinski definition) is 2. The SMILES string of the molecule is C=CC1=C(/C(=C\C)OC(C)C)CCCO1. The fraction of sp³-hybridized carbons (Fsp3) is 0.538. The van der Waals surface area contributed by atoms with Crippen LogP contribution in [0.25, 0.3) is 0 Å². The van der Waals surface area contributed by atoms with Gasteiger partial charge in [0, 0.05) is 5.57 Å². The molecule has 1 aliphatic heterocycles. The molecule has 0 aromatic carbocycles. The molecule has 84 valence electrons. The molecule has 1 rings (SSSR count). The Labute approximate surface area is 92.3 Å². The lowest BCUT2D eigenvalue weighted by atomic mass is 10.0. The molecule has 0 aromatic heterocycles. The van der Waals surface area contributed by atoms with Crippen LogP contribution in [0.5, 0.6) is 0 Å². The highest BCUT2D eigenvalue weighted by atomic mass is 16.5. The topological polar surface area (TPSA) is 18.5 Å². The van der Waals surface area contributed by atoms with E-state index in [1.54, 1.807) is 6.08 Å². The monoisotopic (exact) mass is 208 g/mol. The highest BCUT2D eigenvalue weighted by molar-refractivity contribution is 5.34. The number of allylic oxidation sites excluding steroid dienone is 3. The lowest BCUT2D eigenvalue weighted by Crippen LogP contribution is -2.11. The third-order valence-electron chi connectivity index (χ3n) is 2.23. The van der Waals surface area contributed by atoms with Crippen LogP contribution in [0.2, 0.25) is 0 Å². The largest absolute Gasteiger partial charge is 0.493 e. The van der Waals surface area contributed by atoms with Crippen LogP contribution in [0.4, 0.5) is 0 Å². The normalized spacial score (nSPS) is 17.7. The molecule has 0 unspecified atom stereocenters. The molecule has 0 bridgehead atoms. The molecule has 0 saturated heterocycles. The molecule has 0 aliphatic carbocycles. The molecular formula is C13H20O2. The summed E-state index contributed by atoms with van der Waals surface area (Å²) in [6.45, 7) is 10.6. The summed E-state index contributed by atoms with van der Waals surface area (Å²) in [4.78, 5) is 0. The Kier molecular flexibility index (Phi) is 4.47. The molecule has 0 N–H and O–H groups in total. The highest BCUT2D eigenvalue weighted by Crippen LogP contribution is 2.27. The average molecular weight is 208 g/mol. The van der Waals surface area contributed by atoms with Gasteiger partial charge in [-0.1, -0.05) is 6.58 Å². The van der Waals surface area contributed by atoms with Crippen molar-refractivity contribution in [1.29, 1.82) is 0 Å². The van der Waals surface area contributed by atoms with Crippen molar-refractivity contribution in [2.24, 2.45) is 0 Å². The first kappa shape index (κ1) is 11.9. The van der Waals surface area contributed by atoms with Crippen LogP contribution in [-0.2, 0) is 9.47 Å². The van der Waals surface area contributed by atoms with Gasteiger partial charge in [0.2, 0.25) is 0 Å². The van der Waals surface area contributed by atoms with E-state index in [0.717, 1.165) is 36.5 Å². The van der Waals surface area contributed by atoms with Crippen LogP contribution in [0, 0.1) is 0 Å². The van der Waals surface area contributed by atoms with E-state index in [0.29, 0.717) is 0 Å². The minimum Gasteiger partial charge on any atom is -0.493 e. The molecule has 0 fully saturated rings. The van der Waals surface area contributed by atoms with Gasteiger partial charge in [-0.15, -0.1) is 0 Å². The summed E-state index contributed by atoms with van der Waals surface area (Å²) in [7, 11) is 0. The average Bonchev–Trinajstić information content (AvgIpc) is 2.25. The second-order valence-corrected chi connectivity index (χ2v) is 3.82. The van der Waals surface area contributed by atoms with Gasteiger partial charge in [0.1, 0.15) is 11.5 Å². The summed E-state index contributed by atoms with van der Waals surface area (Å²) in [6, 6.07) is 0. The molecular weight excluding hydrogens is 188 g/mol. The van der Waals surface area contributed by atoms with Gasteiger partial charge in [-0.3, -0.25) is 0 Å². The molecule has 1 heterocycles. The van der Waals surface area contributed by atoms with E-state index in [4.69, 9.17) is 9.47 Å². The Bertz CT molecular complexity index is 285. The summed E-state index contributed by atoms with van der Waals surface area (Å²) in [5, 5.41) is 0. The van der Waals surface area contributed by atoms with Crippen LogP contribution in [-0.4, -0.2) is 12.7 Å². The Hall–Kier alpha value is -1.18. The fourth-order valence-corrected chi connectivity index (χ4v) is 1.64. The predicted molar refractivity (Wildman–Crippen MR) is 62.4 cm³/mol. The van der Waals surface area contributed by atoms with Crippen molar-refractivity contribution in [3.05, 3.63) is 35.8 Å². The summed E-state index contributed by atoms with van der Waals surface area (Å²) < 4.78 is 11.3. The Morgan fingerprint density at radius 2 is 2.27 bits per heavy atom. The standard InChI is InChI=1S/C13H20O2/c1-5-12-11(8-7-9-14-12)13(6-2)15-10(3)4/h5-6,10H,1,7-9H2,2-4H3/b13-6+. The molecule has 0 saturated carbocycles. The molecule has 1 aliphatic rings. The van der Waals surface area contributed by atoms with Gasteiger partial charge < -0.3 is 9.47 Å². The van der Waals surface area contributed by atoms with Crippen LogP contribution in [0.1, 0.15) is 33.6 Å². The second-order valence-electron chi connectivity index (χ2n) is 3.82. The summed E-state index contributed by atoms with van der Waals surface area (Å²) in [5.74, 6) is 1.80. The van der Waals surface area contributed by atoms with E-state index in [9.17, 15) is 0 Å². The van der Waals surface area contributed by atoms with Crippen molar-refractivity contribution in [2.45, 2.75) is 39.7 Å². The van der Waals surface area contributed by atoms with E-state index in [1.165, 1.54) is 0 Å². The highest BCUT2D eigenvalue weighted by Gasteiger charge is 2.17. The maximum atomic E-state index is 5.75. The van der Waals surface area contributed by atoms with Crippen molar-refractivity contribution < 1.29 is 9.47 Å². The lowest BCUT2D eigenvalue weighted by molar-refractivity contribution is 0.140. The van der Waals surface area contributed by atoms with Gasteiger partial charge in [-0.05, 0) is 45.8 Å². The molecule has 2 nitrogen and oxygen atoms in total. The maximum Gasteiger partial charge on any atom is 0.125 e. The van der Waals surface area contributed by atoms with Crippen molar-refractivity contribution >= 4 is 0 Å². The first-order chi connectivity index (χ1) is 7.19. The van der Waals surface area contributed by atoms with E-state index in [-0.39, 0.29) is 6.10 Å². The minimum absolute atomic E-state index is 0.191. The first-order valence-electron chi connectivity index (χ1n) is 5.50. The smallest absolute Gasteiger partial charge is 0.125 e. The Morgan fingerprint density at radius 3 is 2.80 bits per heavy atom. The maximum absolute atomic E-state index is 5.75. The molecule has 0 amide bonds. The van der Waals surface area contributed by atoms with Crippen LogP contribution in [0.15, 0.2) is 35.8 Å². The molecule has 0 spiro atoms. The second kappa shape index (κ2) is 5.64. The predicted octanol–water partition coefficient (Wildman–Crippen LogP) is 3.57. The van der Waals surface area contributed by atoms with Crippen molar-refractivity contribution in [3.8, 4) is 0 Å². The van der Waals surface area contributed by atoms with Gasteiger partial charge in [0.25, 0.3) is 0 Å². The van der Waals surface area contributed by atoms with Crippen molar-refractivity contribution in [3.63, 3.8) is 0 Å². The van der Waals surface area contributed by atoms with Gasteiger partial charge in [0.05, 0.1) is 12.7 Å². The Balaban J connectivity index is 2.90. The molecule has 2 heteroatoms. The zero-order valence-corrected chi connectivity index (χ0v) is 9.88. The quantitative estimate of drug-likeness (QED) is 0.658. The molecule has 0 aromatic rings. The van der Waals surface area contributed by atoms with E-state index >= 15 is 0 Å². The summed E-state index contributed by atoms with van der Waals surface area (Å²) in [6.07, 6.45) is 6.01. The third kappa shape index (κ3) is 3.15. The molecule has 0 atom stereocenters. The first-order valence-corrected chi connectivity index (χ1v) is 5.50.